The van der Waals surface area contributed by atoms with Gasteiger partial charge in [-0.1, -0.05) is 12.1 Å². The van der Waals surface area contributed by atoms with Gasteiger partial charge in [0.2, 0.25) is 0 Å². The molecule has 1 aliphatic rings. The molecule has 102 valence electrons. The van der Waals surface area contributed by atoms with Crippen LogP contribution in [0.15, 0.2) is 24.3 Å². The molecule has 0 bridgehead atoms. The van der Waals surface area contributed by atoms with Gasteiger partial charge in [0.15, 0.2) is 0 Å². The fourth-order valence-corrected chi connectivity index (χ4v) is 2.40. The predicted octanol–water partition coefficient (Wildman–Crippen LogP) is 2.78. The summed E-state index contributed by atoms with van der Waals surface area (Å²) in [7, 11) is 0. The van der Waals surface area contributed by atoms with Crippen molar-refractivity contribution in [2.45, 2.75) is 30.9 Å². The first-order chi connectivity index (χ1) is 8.75. The van der Waals surface area contributed by atoms with E-state index in [-0.39, 0.29) is 30.6 Å². The Bertz CT molecular complexity index is 519. The largest absolute Gasteiger partial charge is 0.481 e. The molecule has 0 heterocycles. The Morgan fingerprint density at radius 2 is 1.79 bits per heavy atom. The van der Waals surface area contributed by atoms with Crippen LogP contribution in [0.25, 0.3) is 0 Å². The number of Topliss-reactive ketones (excluding diaryl/α,β-unsaturated/α-hetero) is 1. The van der Waals surface area contributed by atoms with Crippen molar-refractivity contribution < 1.29 is 27.9 Å². The molecule has 0 aliphatic heterocycles. The zero-order valence-electron chi connectivity index (χ0n) is 9.83. The SMILES string of the molecule is O=C1CCC(C(=O)O)(c2ccc(C(F)(F)F)cc2)C1. The zero-order chi connectivity index (χ0) is 14.3. The summed E-state index contributed by atoms with van der Waals surface area (Å²) in [5.41, 5.74) is -1.96. The number of carboxylic acid groups (broad SMARTS) is 1. The van der Waals surface area contributed by atoms with E-state index in [1.807, 2.05) is 0 Å². The van der Waals surface area contributed by atoms with Crippen molar-refractivity contribution >= 4 is 11.8 Å². The first-order valence-corrected chi connectivity index (χ1v) is 5.68. The monoisotopic (exact) mass is 272 g/mol. The second-order valence-corrected chi connectivity index (χ2v) is 4.68. The molecule has 1 aromatic carbocycles. The number of ketones is 1. The molecule has 1 aromatic rings. The Hall–Kier alpha value is -1.85. The first kappa shape index (κ1) is 13.6. The van der Waals surface area contributed by atoms with Gasteiger partial charge in [-0.25, -0.2) is 0 Å². The molecule has 6 heteroatoms. The lowest BCUT2D eigenvalue weighted by molar-refractivity contribution is -0.144. The summed E-state index contributed by atoms with van der Waals surface area (Å²) in [4.78, 5) is 22.7. The lowest BCUT2D eigenvalue weighted by Gasteiger charge is -2.23. The van der Waals surface area contributed by atoms with E-state index in [1.54, 1.807) is 0 Å². The number of benzene rings is 1. The minimum absolute atomic E-state index is 0.131. The van der Waals surface area contributed by atoms with Gasteiger partial charge in [0, 0.05) is 12.8 Å². The van der Waals surface area contributed by atoms with Crippen molar-refractivity contribution in [2.24, 2.45) is 0 Å². The van der Waals surface area contributed by atoms with Crippen LogP contribution in [0.1, 0.15) is 30.4 Å². The maximum absolute atomic E-state index is 12.4. The smallest absolute Gasteiger partial charge is 0.416 e. The van der Waals surface area contributed by atoms with Gasteiger partial charge >= 0.3 is 12.1 Å². The lowest BCUT2D eigenvalue weighted by Crippen LogP contribution is -2.33. The van der Waals surface area contributed by atoms with Crippen LogP contribution in [0.4, 0.5) is 13.2 Å². The molecule has 1 saturated carbocycles. The fraction of sp³-hybridized carbons (Fsp3) is 0.385. The minimum atomic E-state index is -4.46. The molecular formula is C13H11F3O3. The fourth-order valence-electron chi connectivity index (χ4n) is 2.40. The van der Waals surface area contributed by atoms with Gasteiger partial charge in [0.25, 0.3) is 0 Å². The highest BCUT2D eigenvalue weighted by molar-refractivity contribution is 5.94. The van der Waals surface area contributed by atoms with Gasteiger partial charge in [-0.15, -0.1) is 0 Å². The molecule has 1 aliphatic carbocycles. The van der Waals surface area contributed by atoms with E-state index in [0.29, 0.717) is 0 Å². The van der Waals surface area contributed by atoms with Crippen LogP contribution in [0.2, 0.25) is 0 Å². The van der Waals surface area contributed by atoms with E-state index in [0.717, 1.165) is 24.3 Å². The van der Waals surface area contributed by atoms with Crippen LogP contribution >= 0.6 is 0 Å². The summed E-state index contributed by atoms with van der Waals surface area (Å²) in [6, 6.07) is 4.00. The number of alkyl halides is 3. The Balaban J connectivity index is 2.40. The number of carbonyl (C=O) groups is 2. The molecule has 0 spiro atoms. The van der Waals surface area contributed by atoms with Crippen molar-refractivity contribution in [3.05, 3.63) is 35.4 Å². The van der Waals surface area contributed by atoms with Crippen LogP contribution in [-0.4, -0.2) is 16.9 Å². The van der Waals surface area contributed by atoms with Gasteiger partial charge in [-0.2, -0.15) is 13.2 Å². The third kappa shape index (κ3) is 2.34. The molecule has 0 aromatic heterocycles. The van der Waals surface area contributed by atoms with E-state index < -0.39 is 23.1 Å². The molecular weight excluding hydrogens is 261 g/mol. The third-order valence-corrected chi connectivity index (χ3v) is 3.50. The van der Waals surface area contributed by atoms with Crippen LogP contribution in [0.3, 0.4) is 0 Å². The molecule has 19 heavy (non-hydrogen) atoms. The third-order valence-electron chi connectivity index (χ3n) is 3.50. The predicted molar refractivity (Wildman–Crippen MR) is 59.6 cm³/mol. The molecule has 3 nitrogen and oxygen atoms in total. The summed E-state index contributed by atoms with van der Waals surface area (Å²) in [6.45, 7) is 0. The Kier molecular flexibility index (Phi) is 3.12. The highest BCUT2D eigenvalue weighted by Gasteiger charge is 2.46. The van der Waals surface area contributed by atoms with Crippen LogP contribution in [0, 0.1) is 0 Å². The molecule has 1 atom stereocenters. The van der Waals surface area contributed by atoms with E-state index in [9.17, 15) is 27.9 Å². The van der Waals surface area contributed by atoms with Crippen LogP contribution < -0.4 is 0 Å². The average Bonchev–Trinajstić information content (AvgIpc) is 2.72. The molecule has 1 unspecified atom stereocenters. The molecule has 2 rings (SSSR count). The van der Waals surface area contributed by atoms with Gasteiger partial charge in [-0.05, 0) is 24.1 Å². The highest BCUT2D eigenvalue weighted by Crippen LogP contribution is 2.40. The number of hydrogen-bond donors (Lipinski definition) is 1. The minimum Gasteiger partial charge on any atom is -0.481 e. The van der Waals surface area contributed by atoms with Crippen molar-refractivity contribution in [1.82, 2.24) is 0 Å². The summed E-state index contributed by atoms with van der Waals surface area (Å²) < 4.78 is 37.3. The van der Waals surface area contributed by atoms with Crippen LogP contribution in [-0.2, 0) is 21.2 Å². The Morgan fingerprint density at radius 3 is 2.16 bits per heavy atom. The van der Waals surface area contributed by atoms with Gasteiger partial charge in [-0.3, -0.25) is 9.59 Å². The average molecular weight is 272 g/mol. The molecule has 1 fully saturated rings. The Morgan fingerprint density at radius 1 is 1.21 bits per heavy atom. The van der Waals surface area contributed by atoms with Crippen molar-refractivity contribution in [1.29, 1.82) is 0 Å². The maximum Gasteiger partial charge on any atom is 0.416 e. The van der Waals surface area contributed by atoms with Crippen molar-refractivity contribution in [2.75, 3.05) is 0 Å². The van der Waals surface area contributed by atoms with Gasteiger partial charge in [0.05, 0.1) is 11.0 Å². The van der Waals surface area contributed by atoms with Gasteiger partial charge in [0.1, 0.15) is 5.78 Å². The summed E-state index contributed by atoms with van der Waals surface area (Å²) in [5, 5.41) is 9.29. The molecule has 0 saturated heterocycles. The van der Waals surface area contributed by atoms with E-state index >= 15 is 0 Å². The summed E-state index contributed by atoms with van der Waals surface area (Å²) in [5.74, 6) is -1.35. The van der Waals surface area contributed by atoms with E-state index in [1.165, 1.54) is 0 Å². The summed E-state index contributed by atoms with van der Waals surface area (Å²) >= 11 is 0. The number of carboxylic acids is 1. The van der Waals surface area contributed by atoms with Crippen molar-refractivity contribution in [3.8, 4) is 0 Å². The number of aliphatic carboxylic acids is 1. The number of halogens is 3. The number of rotatable bonds is 2. The van der Waals surface area contributed by atoms with Gasteiger partial charge < -0.3 is 5.11 Å². The van der Waals surface area contributed by atoms with E-state index in [2.05, 4.69) is 0 Å². The highest BCUT2D eigenvalue weighted by atomic mass is 19.4. The maximum atomic E-state index is 12.4. The van der Waals surface area contributed by atoms with Crippen molar-refractivity contribution in [3.63, 3.8) is 0 Å². The zero-order valence-corrected chi connectivity index (χ0v) is 9.83. The molecule has 1 N–H and O–H groups in total. The molecule has 0 radical (unpaired) electrons. The lowest BCUT2D eigenvalue weighted by atomic mass is 9.78. The summed E-state index contributed by atoms with van der Waals surface area (Å²) in [6.07, 6.45) is -4.34. The standard InChI is InChI=1S/C13H11F3O3/c14-13(15,16)9-3-1-8(2-4-9)12(11(18)19)6-5-10(17)7-12/h1-4H,5-7H2,(H,18,19). The van der Waals surface area contributed by atoms with Crippen LogP contribution in [0.5, 0.6) is 0 Å². The van der Waals surface area contributed by atoms with E-state index in [4.69, 9.17) is 0 Å². The first-order valence-electron chi connectivity index (χ1n) is 5.68. The second-order valence-electron chi connectivity index (χ2n) is 4.68. The topological polar surface area (TPSA) is 54.4 Å². The molecule has 0 amide bonds. The quantitative estimate of drug-likeness (QED) is 0.900. The normalized spacial score (nSPS) is 23.6. The number of carbonyl (C=O) groups excluding carboxylic acids is 1. The Labute approximate surface area is 107 Å². The second kappa shape index (κ2) is 4.36. The number of hydrogen-bond acceptors (Lipinski definition) is 2.